The van der Waals surface area contributed by atoms with Crippen molar-refractivity contribution in [1.29, 1.82) is 0 Å². The lowest BCUT2D eigenvalue weighted by atomic mass is 10.6. The first kappa shape index (κ1) is 9.77. The van der Waals surface area contributed by atoms with E-state index in [1.54, 1.807) is 11.1 Å². The van der Waals surface area contributed by atoms with Gasteiger partial charge < -0.3 is 20.4 Å². The van der Waals surface area contributed by atoms with Crippen molar-refractivity contribution in [3.05, 3.63) is 12.4 Å². The second kappa shape index (κ2) is 3.82. The van der Waals surface area contributed by atoms with Crippen molar-refractivity contribution in [2.45, 2.75) is 0 Å². The third-order valence-corrected chi connectivity index (χ3v) is 1.28. The van der Waals surface area contributed by atoms with Crippen LogP contribution >= 0.6 is 0 Å². The largest absolute Gasteiger partial charge is 0.480 e. The first-order valence-corrected chi connectivity index (χ1v) is 3.03. The van der Waals surface area contributed by atoms with Crippen LogP contribution in [0.5, 0.6) is 0 Å². The van der Waals surface area contributed by atoms with E-state index in [2.05, 4.69) is 0 Å². The van der Waals surface area contributed by atoms with Crippen LogP contribution in [0.3, 0.4) is 0 Å². The van der Waals surface area contributed by atoms with Crippen molar-refractivity contribution in [1.82, 2.24) is 9.80 Å². The highest BCUT2D eigenvalue weighted by molar-refractivity contribution is 5.69. The third kappa shape index (κ3) is 2.90. The quantitative estimate of drug-likeness (QED) is 0.557. The molecule has 0 spiro atoms. The zero-order valence-electron chi connectivity index (χ0n) is 6.32. The molecular weight excluding hydrogens is 148 g/mol. The van der Waals surface area contributed by atoms with Crippen molar-refractivity contribution in [2.75, 3.05) is 20.3 Å². The summed E-state index contributed by atoms with van der Waals surface area (Å²) in [5.74, 6) is -0.792. The molecule has 1 aliphatic rings. The highest BCUT2D eigenvalue weighted by Crippen LogP contribution is 2.01. The van der Waals surface area contributed by atoms with Crippen molar-refractivity contribution in [3.8, 4) is 0 Å². The van der Waals surface area contributed by atoms with Crippen LogP contribution in [0.4, 0.5) is 0 Å². The molecule has 1 aliphatic heterocycles. The Morgan fingerprint density at radius 1 is 1.64 bits per heavy atom. The fourth-order valence-electron chi connectivity index (χ4n) is 0.865. The number of nitrogens with zero attached hydrogens (tertiary/aromatic N) is 2. The van der Waals surface area contributed by atoms with Crippen LogP contribution in [0.15, 0.2) is 12.4 Å². The zero-order chi connectivity index (χ0) is 7.56. The van der Waals surface area contributed by atoms with E-state index in [0.717, 1.165) is 0 Å². The van der Waals surface area contributed by atoms with E-state index in [9.17, 15) is 4.79 Å². The van der Waals surface area contributed by atoms with E-state index < -0.39 is 5.97 Å². The fraction of sp³-hybridized carbons (Fsp3) is 0.500. The summed E-state index contributed by atoms with van der Waals surface area (Å²) in [6.07, 6.45) is 3.62. The molecule has 0 fully saturated rings. The molecule has 0 saturated carbocycles. The lowest BCUT2D eigenvalue weighted by molar-refractivity contribution is -0.137. The molecule has 0 aromatic carbocycles. The number of carboxylic acid groups (broad SMARTS) is 1. The molecule has 64 valence electrons. The van der Waals surface area contributed by atoms with Gasteiger partial charge in [-0.2, -0.15) is 0 Å². The maximum Gasteiger partial charge on any atom is 0.323 e. The van der Waals surface area contributed by atoms with E-state index >= 15 is 0 Å². The summed E-state index contributed by atoms with van der Waals surface area (Å²) < 4.78 is 0. The molecule has 0 saturated heterocycles. The van der Waals surface area contributed by atoms with Gasteiger partial charge in [-0.1, -0.05) is 0 Å². The molecule has 0 aromatic heterocycles. The summed E-state index contributed by atoms with van der Waals surface area (Å²) in [6, 6.07) is 0. The fourth-order valence-corrected chi connectivity index (χ4v) is 0.865. The lowest BCUT2D eigenvalue weighted by Gasteiger charge is -2.14. The van der Waals surface area contributed by atoms with Crippen LogP contribution in [-0.2, 0) is 4.79 Å². The average molecular weight is 160 g/mol. The molecule has 0 bridgehead atoms. The summed E-state index contributed by atoms with van der Waals surface area (Å²) in [6.45, 7) is 0.757. The molecule has 0 radical (unpaired) electrons. The second-order valence-electron chi connectivity index (χ2n) is 2.34. The average Bonchev–Trinajstić information content (AvgIpc) is 2.13. The van der Waals surface area contributed by atoms with E-state index in [1.165, 1.54) is 0 Å². The summed E-state index contributed by atoms with van der Waals surface area (Å²) in [4.78, 5) is 13.8. The number of carbonyl (C=O) groups is 1. The lowest BCUT2D eigenvalue weighted by Crippen LogP contribution is -2.27. The molecule has 0 amide bonds. The van der Waals surface area contributed by atoms with Crippen molar-refractivity contribution < 1.29 is 15.4 Å². The molecule has 0 aliphatic carbocycles. The molecule has 0 aromatic rings. The molecule has 3 N–H and O–H groups in total. The Bertz CT molecular complexity index is 169. The number of hydrogen-bond donors (Lipinski definition) is 1. The van der Waals surface area contributed by atoms with Gasteiger partial charge in [-0.25, -0.2) is 0 Å². The van der Waals surface area contributed by atoms with Crippen molar-refractivity contribution in [3.63, 3.8) is 0 Å². The third-order valence-electron chi connectivity index (χ3n) is 1.28. The number of hydrogen-bond acceptors (Lipinski definition) is 3. The van der Waals surface area contributed by atoms with Crippen LogP contribution in [-0.4, -0.2) is 46.6 Å². The normalized spacial score (nSPS) is 15.0. The van der Waals surface area contributed by atoms with Crippen molar-refractivity contribution in [2.24, 2.45) is 0 Å². The van der Waals surface area contributed by atoms with Gasteiger partial charge in [0.2, 0.25) is 0 Å². The Hall–Kier alpha value is -1.23. The Balaban J connectivity index is 0.000001000. The maximum absolute atomic E-state index is 10.2. The molecule has 1 rings (SSSR count). The van der Waals surface area contributed by atoms with Crippen LogP contribution in [0.2, 0.25) is 0 Å². The Kier molecular flexibility index (Phi) is 3.39. The Labute approximate surface area is 64.8 Å². The standard InChI is InChI=1S/C6H10N2O2.H2O/c1-7-2-3-8(5-7)4-6(9)10;/h2-3H,4-5H2,1H3,(H,9,10);1H2. The van der Waals surface area contributed by atoms with E-state index in [4.69, 9.17) is 5.11 Å². The van der Waals surface area contributed by atoms with Crippen LogP contribution in [0.1, 0.15) is 0 Å². The van der Waals surface area contributed by atoms with Gasteiger partial charge >= 0.3 is 5.97 Å². The smallest absolute Gasteiger partial charge is 0.323 e. The van der Waals surface area contributed by atoms with Gasteiger partial charge in [0.25, 0.3) is 0 Å². The second-order valence-corrected chi connectivity index (χ2v) is 2.34. The van der Waals surface area contributed by atoms with Gasteiger partial charge in [0.1, 0.15) is 6.54 Å². The number of carboxylic acids is 1. The number of rotatable bonds is 2. The minimum absolute atomic E-state index is 0. The summed E-state index contributed by atoms with van der Waals surface area (Å²) in [5, 5.41) is 8.37. The molecule has 1 heterocycles. The minimum atomic E-state index is -0.792. The summed E-state index contributed by atoms with van der Waals surface area (Å²) in [7, 11) is 1.90. The van der Waals surface area contributed by atoms with E-state index in [0.29, 0.717) is 6.67 Å². The zero-order valence-corrected chi connectivity index (χ0v) is 6.32. The topological polar surface area (TPSA) is 75.3 Å². The molecule has 11 heavy (non-hydrogen) atoms. The minimum Gasteiger partial charge on any atom is -0.480 e. The maximum atomic E-state index is 10.2. The Morgan fingerprint density at radius 3 is 2.64 bits per heavy atom. The van der Waals surface area contributed by atoms with Crippen molar-refractivity contribution >= 4 is 5.97 Å². The predicted octanol–water partition coefficient (Wildman–Crippen LogP) is -1.08. The SMILES string of the molecule is CN1C=CN(CC(=O)O)C1.O. The molecule has 5 nitrogen and oxygen atoms in total. The van der Waals surface area contributed by atoms with Gasteiger partial charge in [0.05, 0.1) is 6.67 Å². The van der Waals surface area contributed by atoms with Gasteiger partial charge in [0, 0.05) is 19.4 Å². The highest BCUT2D eigenvalue weighted by Gasteiger charge is 2.10. The van der Waals surface area contributed by atoms with Gasteiger partial charge in [-0.05, 0) is 0 Å². The van der Waals surface area contributed by atoms with Crippen LogP contribution < -0.4 is 0 Å². The van der Waals surface area contributed by atoms with Gasteiger partial charge in [0.15, 0.2) is 0 Å². The molecule has 0 atom stereocenters. The Morgan fingerprint density at radius 2 is 2.27 bits per heavy atom. The predicted molar refractivity (Wildman–Crippen MR) is 39.7 cm³/mol. The van der Waals surface area contributed by atoms with E-state index in [-0.39, 0.29) is 12.0 Å². The monoisotopic (exact) mass is 160 g/mol. The van der Waals surface area contributed by atoms with Gasteiger partial charge in [-0.15, -0.1) is 0 Å². The number of aliphatic carboxylic acids is 1. The van der Waals surface area contributed by atoms with Gasteiger partial charge in [-0.3, -0.25) is 4.79 Å². The highest BCUT2D eigenvalue weighted by atomic mass is 16.4. The molecular formula is C6H12N2O3. The first-order valence-electron chi connectivity index (χ1n) is 3.03. The molecule has 5 heteroatoms. The first-order chi connectivity index (χ1) is 4.68. The van der Waals surface area contributed by atoms with Crippen LogP contribution in [0.25, 0.3) is 0 Å². The molecule has 0 unspecified atom stereocenters. The summed E-state index contributed by atoms with van der Waals surface area (Å²) >= 11 is 0. The van der Waals surface area contributed by atoms with E-state index in [1.807, 2.05) is 18.1 Å². The summed E-state index contributed by atoms with van der Waals surface area (Å²) in [5.41, 5.74) is 0. The van der Waals surface area contributed by atoms with Crippen LogP contribution in [0, 0.1) is 0 Å².